The molecular formula is C16H34BrNO. The molecule has 0 rings (SSSR count). The first-order valence-electron chi connectivity index (χ1n) is 7.85. The fourth-order valence-corrected chi connectivity index (χ4v) is 2.15. The molecule has 0 unspecified atom stereocenters. The van der Waals surface area contributed by atoms with Crippen LogP contribution in [0.15, 0.2) is 0 Å². The average molecular weight is 336 g/mol. The maximum atomic E-state index is 11.3. The van der Waals surface area contributed by atoms with Gasteiger partial charge in [-0.1, -0.05) is 58.3 Å². The van der Waals surface area contributed by atoms with E-state index in [1.54, 1.807) is 6.92 Å². The predicted molar refractivity (Wildman–Crippen MR) is 79.5 cm³/mol. The molecule has 0 bridgehead atoms. The molecule has 3 heteroatoms. The van der Waals surface area contributed by atoms with Crippen molar-refractivity contribution in [2.75, 3.05) is 20.6 Å². The molecule has 2 nitrogen and oxygen atoms in total. The molecule has 0 spiro atoms. The number of unbranched alkanes of at least 4 members (excludes halogenated alkanes) is 9. The molecule has 0 N–H and O–H groups in total. The Hall–Kier alpha value is 0.110. The van der Waals surface area contributed by atoms with E-state index in [2.05, 4.69) is 6.92 Å². The molecule has 0 radical (unpaired) electrons. The fraction of sp³-hybridized carbons (Fsp3) is 0.938. The Kier molecular flexibility index (Phi) is 14.8. The van der Waals surface area contributed by atoms with Gasteiger partial charge in [-0.2, -0.15) is 0 Å². The lowest BCUT2D eigenvalue weighted by Crippen LogP contribution is -3.00. The Morgan fingerprint density at radius 3 is 1.53 bits per heavy atom. The minimum atomic E-state index is 0. The molecule has 0 aliphatic carbocycles. The summed E-state index contributed by atoms with van der Waals surface area (Å²) in [5.74, 6) is 0.269. The Morgan fingerprint density at radius 1 is 0.789 bits per heavy atom. The summed E-state index contributed by atoms with van der Waals surface area (Å²) in [5.41, 5.74) is 0. The van der Waals surface area contributed by atoms with Gasteiger partial charge < -0.3 is 17.0 Å². The van der Waals surface area contributed by atoms with Crippen molar-refractivity contribution in [1.82, 2.24) is 0 Å². The van der Waals surface area contributed by atoms with E-state index < -0.39 is 0 Å². The fourth-order valence-electron chi connectivity index (χ4n) is 2.15. The van der Waals surface area contributed by atoms with Gasteiger partial charge >= 0.3 is 5.91 Å². The molecule has 19 heavy (non-hydrogen) atoms. The Balaban J connectivity index is 0. The smallest absolute Gasteiger partial charge is 0.310 e. The number of quaternary nitrogens is 1. The van der Waals surface area contributed by atoms with E-state index in [0.29, 0.717) is 4.48 Å². The van der Waals surface area contributed by atoms with E-state index in [0.717, 1.165) is 6.54 Å². The molecular weight excluding hydrogens is 302 g/mol. The topological polar surface area (TPSA) is 17.1 Å². The van der Waals surface area contributed by atoms with Gasteiger partial charge in [0.25, 0.3) is 0 Å². The zero-order chi connectivity index (χ0) is 13.9. The highest BCUT2D eigenvalue weighted by atomic mass is 79.9. The van der Waals surface area contributed by atoms with Gasteiger partial charge in [-0.3, -0.25) is 4.48 Å². The van der Waals surface area contributed by atoms with Crippen molar-refractivity contribution in [2.45, 2.75) is 78.1 Å². The van der Waals surface area contributed by atoms with Crippen LogP contribution >= 0.6 is 0 Å². The summed E-state index contributed by atoms with van der Waals surface area (Å²) in [4.78, 5) is 11.3. The molecule has 0 aliphatic rings. The molecule has 0 aliphatic heterocycles. The molecule has 1 amide bonds. The number of carbonyl (C=O) groups excluding carboxylic acids is 1. The second-order valence-corrected chi connectivity index (χ2v) is 6.11. The quantitative estimate of drug-likeness (QED) is 0.413. The maximum absolute atomic E-state index is 11.3. The average Bonchev–Trinajstić information content (AvgIpc) is 2.31. The van der Waals surface area contributed by atoms with E-state index in [4.69, 9.17) is 0 Å². The van der Waals surface area contributed by atoms with E-state index in [1.807, 2.05) is 14.1 Å². The highest BCUT2D eigenvalue weighted by molar-refractivity contribution is 5.65. The van der Waals surface area contributed by atoms with Crippen molar-refractivity contribution < 1.29 is 26.3 Å². The van der Waals surface area contributed by atoms with Crippen molar-refractivity contribution in [1.29, 1.82) is 0 Å². The lowest BCUT2D eigenvalue weighted by atomic mass is 10.1. The van der Waals surface area contributed by atoms with E-state index in [9.17, 15) is 4.79 Å². The first kappa shape index (κ1) is 21.4. The van der Waals surface area contributed by atoms with Gasteiger partial charge in [0.05, 0.1) is 27.6 Å². The van der Waals surface area contributed by atoms with Crippen LogP contribution in [0.2, 0.25) is 0 Å². The van der Waals surface area contributed by atoms with Crippen LogP contribution in [0.5, 0.6) is 0 Å². The Bertz CT molecular complexity index is 217. The molecule has 0 fully saturated rings. The number of rotatable bonds is 11. The van der Waals surface area contributed by atoms with E-state index >= 15 is 0 Å². The van der Waals surface area contributed by atoms with Crippen LogP contribution in [0.3, 0.4) is 0 Å². The highest BCUT2D eigenvalue weighted by Crippen LogP contribution is 2.11. The van der Waals surface area contributed by atoms with Crippen LogP contribution in [0.25, 0.3) is 0 Å². The van der Waals surface area contributed by atoms with Crippen molar-refractivity contribution in [3.63, 3.8) is 0 Å². The lowest BCUT2D eigenvalue weighted by Gasteiger charge is -2.25. The lowest BCUT2D eigenvalue weighted by molar-refractivity contribution is -0.813. The third kappa shape index (κ3) is 12.9. The van der Waals surface area contributed by atoms with Gasteiger partial charge in [-0.15, -0.1) is 0 Å². The standard InChI is InChI=1S/C16H34NO.BrH/c1-5-6-7-8-9-10-11-12-13-14-15-17(3,4)16(2)18;/h5-15H2,1-4H3;1H/q+1;/p-1. The largest absolute Gasteiger partial charge is 1.00 e. The number of nitrogens with zero attached hydrogens (tertiary/aromatic N) is 1. The molecule has 0 aromatic carbocycles. The van der Waals surface area contributed by atoms with Crippen molar-refractivity contribution in [3.05, 3.63) is 0 Å². The molecule has 0 atom stereocenters. The first-order valence-corrected chi connectivity index (χ1v) is 7.85. The molecule has 0 aromatic rings. The summed E-state index contributed by atoms with van der Waals surface area (Å²) in [6, 6.07) is 0. The highest BCUT2D eigenvalue weighted by Gasteiger charge is 2.20. The second-order valence-electron chi connectivity index (χ2n) is 6.11. The summed E-state index contributed by atoms with van der Waals surface area (Å²) in [5, 5.41) is 0. The van der Waals surface area contributed by atoms with Crippen LogP contribution in [0, 0.1) is 0 Å². The summed E-state index contributed by atoms with van der Waals surface area (Å²) in [6.07, 6.45) is 13.6. The maximum Gasteiger partial charge on any atom is 0.310 e. The number of halogens is 1. The van der Waals surface area contributed by atoms with Gasteiger partial charge in [0, 0.05) is 0 Å². The van der Waals surface area contributed by atoms with Gasteiger partial charge in [-0.05, 0) is 12.8 Å². The van der Waals surface area contributed by atoms with Gasteiger partial charge in [0.2, 0.25) is 0 Å². The third-order valence-electron chi connectivity index (χ3n) is 3.92. The zero-order valence-corrected chi connectivity index (χ0v) is 15.1. The number of amides is 1. The minimum Gasteiger partial charge on any atom is -1.00 e. The molecule has 116 valence electrons. The van der Waals surface area contributed by atoms with Gasteiger partial charge in [0.15, 0.2) is 0 Å². The second kappa shape index (κ2) is 13.1. The van der Waals surface area contributed by atoms with Crippen LogP contribution < -0.4 is 17.0 Å². The summed E-state index contributed by atoms with van der Waals surface area (Å²) < 4.78 is 0.539. The number of hydrogen-bond acceptors (Lipinski definition) is 1. The van der Waals surface area contributed by atoms with Gasteiger partial charge in [0.1, 0.15) is 0 Å². The normalized spacial score (nSPS) is 11.2. The number of carbonyl (C=O) groups is 1. The summed E-state index contributed by atoms with van der Waals surface area (Å²) in [6.45, 7) is 4.95. The van der Waals surface area contributed by atoms with Crippen molar-refractivity contribution in [3.8, 4) is 0 Å². The monoisotopic (exact) mass is 335 g/mol. The van der Waals surface area contributed by atoms with Crippen LogP contribution in [-0.2, 0) is 4.79 Å². The Morgan fingerprint density at radius 2 is 1.16 bits per heavy atom. The minimum absolute atomic E-state index is 0. The third-order valence-corrected chi connectivity index (χ3v) is 3.92. The van der Waals surface area contributed by atoms with Crippen LogP contribution in [0.1, 0.15) is 78.1 Å². The zero-order valence-electron chi connectivity index (χ0n) is 13.5. The molecule has 0 saturated carbocycles. The molecule has 0 saturated heterocycles. The van der Waals surface area contributed by atoms with Gasteiger partial charge in [-0.25, -0.2) is 4.79 Å². The van der Waals surface area contributed by atoms with Crippen molar-refractivity contribution in [2.24, 2.45) is 0 Å². The first-order chi connectivity index (χ1) is 8.50. The van der Waals surface area contributed by atoms with E-state index in [1.165, 1.54) is 64.2 Å². The Labute approximate surface area is 131 Å². The predicted octanol–water partition coefficient (Wildman–Crippen LogP) is 1.53. The van der Waals surface area contributed by atoms with Crippen molar-refractivity contribution >= 4 is 5.91 Å². The number of hydrogen-bond donors (Lipinski definition) is 0. The van der Waals surface area contributed by atoms with E-state index in [-0.39, 0.29) is 22.9 Å². The SMILES string of the molecule is CCCCCCCCCCCC[N+](C)(C)C(C)=O.[Br-]. The van der Waals surface area contributed by atoms with Crippen LogP contribution in [0.4, 0.5) is 0 Å². The summed E-state index contributed by atoms with van der Waals surface area (Å²) in [7, 11) is 4.02. The molecule has 0 heterocycles. The molecule has 0 aromatic heterocycles. The van der Waals surface area contributed by atoms with Crippen LogP contribution in [-0.4, -0.2) is 31.0 Å². The summed E-state index contributed by atoms with van der Waals surface area (Å²) >= 11 is 0.